The summed E-state index contributed by atoms with van der Waals surface area (Å²) in [6.45, 7) is -0.898. The predicted octanol–water partition coefficient (Wildman–Crippen LogP) is 5.72. The molecule has 2 rings (SSSR count). The van der Waals surface area contributed by atoms with Gasteiger partial charge in [-0.2, -0.15) is 8.78 Å². The van der Waals surface area contributed by atoms with Crippen LogP contribution in [-0.2, 0) is 0 Å². The quantitative estimate of drug-likeness (QED) is 0.621. The molecule has 0 fully saturated rings. The van der Waals surface area contributed by atoms with Crippen LogP contribution in [-0.4, -0.2) is 6.61 Å². The smallest absolute Gasteiger partial charge is 0.387 e. The lowest BCUT2D eigenvalue weighted by Gasteiger charge is -2.17. The zero-order valence-corrected chi connectivity index (χ0v) is 14.0. The van der Waals surface area contributed by atoms with Crippen molar-refractivity contribution >= 4 is 39.9 Å². The Labute approximate surface area is 140 Å². The highest BCUT2D eigenvalue weighted by Gasteiger charge is 2.10. The van der Waals surface area contributed by atoms with Crippen LogP contribution in [0.3, 0.4) is 0 Å². The normalized spacial score (nSPS) is 12.3. The van der Waals surface area contributed by atoms with Crippen molar-refractivity contribution < 1.29 is 13.5 Å². The molecular formula is C15H13ClF2INO. The fraction of sp³-hybridized carbons (Fsp3) is 0.200. The molecule has 0 heterocycles. The molecule has 0 radical (unpaired) electrons. The molecule has 1 N–H and O–H groups in total. The molecule has 2 nitrogen and oxygen atoms in total. The minimum atomic E-state index is -2.82. The summed E-state index contributed by atoms with van der Waals surface area (Å²) < 4.78 is 29.9. The van der Waals surface area contributed by atoms with Crippen molar-refractivity contribution in [1.82, 2.24) is 0 Å². The van der Waals surface area contributed by atoms with E-state index in [2.05, 4.69) is 32.6 Å². The van der Waals surface area contributed by atoms with Crippen LogP contribution in [0.4, 0.5) is 14.5 Å². The zero-order valence-electron chi connectivity index (χ0n) is 11.1. The van der Waals surface area contributed by atoms with Gasteiger partial charge in [-0.15, -0.1) is 0 Å². The Morgan fingerprint density at radius 2 is 1.95 bits per heavy atom. The summed E-state index contributed by atoms with van der Waals surface area (Å²) in [5.74, 6) is 0.143. The molecule has 1 atom stereocenters. The van der Waals surface area contributed by atoms with Crippen LogP contribution < -0.4 is 10.1 Å². The first-order chi connectivity index (χ1) is 9.95. The van der Waals surface area contributed by atoms with E-state index in [0.29, 0.717) is 5.02 Å². The second kappa shape index (κ2) is 7.26. The maximum atomic E-state index is 12.2. The number of anilines is 1. The Morgan fingerprint density at radius 1 is 1.19 bits per heavy atom. The topological polar surface area (TPSA) is 21.3 Å². The Morgan fingerprint density at radius 3 is 2.62 bits per heavy atom. The number of nitrogens with one attached hydrogen (secondary N) is 1. The fourth-order valence-corrected chi connectivity index (χ4v) is 2.79. The lowest BCUT2D eigenvalue weighted by atomic mass is 10.1. The minimum absolute atomic E-state index is 0.0937. The molecule has 0 amide bonds. The van der Waals surface area contributed by atoms with Gasteiger partial charge in [-0.25, -0.2) is 0 Å². The summed E-state index contributed by atoms with van der Waals surface area (Å²) in [6.07, 6.45) is 0. The van der Waals surface area contributed by atoms with E-state index in [1.165, 1.54) is 6.07 Å². The van der Waals surface area contributed by atoms with E-state index < -0.39 is 6.61 Å². The number of halogens is 4. The lowest BCUT2D eigenvalue weighted by Crippen LogP contribution is -2.08. The van der Waals surface area contributed by atoms with Crippen LogP contribution in [0.15, 0.2) is 42.5 Å². The van der Waals surface area contributed by atoms with Gasteiger partial charge in [0.2, 0.25) is 0 Å². The molecule has 1 unspecified atom stereocenters. The van der Waals surface area contributed by atoms with Crippen LogP contribution in [0.2, 0.25) is 5.02 Å². The number of hydrogen-bond acceptors (Lipinski definition) is 2. The standard InChI is InChI=1S/C15H13ClF2INO/c1-9(20-14-6-5-11(19)8-13(14)16)10-3-2-4-12(7-10)21-15(17)18/h2-9,15,20H,1H3. The van der Waals surface area contributed by atoms with E-state index in [1.807, 2.05) is 31.2 Å². The van der Waals surface area contributed by atoms with Gasteiger partial charge in [-0.1, -0.05) is 23.7 Å². The van der Waals surface area contributed by atoms with Crippen LogP contribution >= 0.6 is 34.2 Å². The number of alkyl halides is 2. The SMILES string of the molecule is CC(Nc1ccc(I)cc1Cl)c1cccc(OC(F)F)c1. The van der Waals surface area contributed by atoms with Gasteiger partial charge in [0, 0.05) is 9.61 Å². The van der Waals surface area contributed by atoms with Crippen molar-refractivity contribution in [3.63, 3.8) is 0 Å². The Balaban J connectivity index is 2.14. The third-order valence-electron chi connectivity index (χ3n) is 2.89. The summed E-state index contributed by atoms with van der Waals surface area (Å²) in [4.78, 5) is 0. The molecular weight excluding hydrogens is 411 g/mol. The number of ether oxygens (including phenoxy) is 1. The van der Waals surface area contributed by atoms with E-state index in [1.54, 1.807) is 12.1 Å². The monoisotopic (exact) mass is 423 g/mol. The Hall–Kier alpha value is -1.08. The first-order valence-electron chi connectivity index (χ1n) is 6.22. The average molecular weight is 424 g/mol. The Kier molecular flexibility index (Phi) is 5.64. The molecule has 0 aliphatic rings. The van der Waals surface area contributed by atoms with Crippen molar-refractivity contribution in [3.05, 3.63) is 56.6 Å². The largest absolute Gasteiger partial charge is 0.435 e. The van der Waals surface area contributed by atoms with Crippen LogP contribution in [0.25, 0.3) is 0 Å². The highest BCUT2D eigenvalue weighted by Crippen LogP contribution is 2.29. The zero-order chi connectivity index (χ0) is 15.4. The highest BCUT2D eigenvalue weighted by molar-refractivity contribution is 14.1. The maximum absolute atomic E-state index is 12.2. The first kappa shape index (κ1) is 16.3. The van der Waals surface area contributed by atoms with Crippen molar-refractivity contribution in [3.8, 4) is 5.75 Å². The van der Waals surface area contributed by atoms with E-state index in [4.69, 9.17) is 11.6 Å². The fourth-order valence-electron chi connectivity index (χ4n) is 1.88. The number of hydrogen-bond donors (Lipinski definition) is 1. The molecule has 21 heavy (non-hydrogen) atoms. The van der Waals surface area contributed by atoms with Gasteiger partial charge in [-0.3, -0.25) is 0 Å². The molecule has 0 saturated heterocycles. The van der Waals surface area contributed by atoms with Crippen molar-refractivity contribution in [2.24, 2.45) is 0 Å². The summed E-state index contributed by atoms with van der Waals surface area (Å²) >= 11 is 8.35. The van der Waals surface area contributed by atoms with Gasteiger partial charge in [-0.05, 0) is 65.4 Å². The first-order valence-corrected chi connectivity index (χ1v) is 7.68. The van der Waals surface area contributed by atoms with Gasteiger partial charge in [0.05, 0.1) is 10.7 Å². The summed E-state index contributed by atoms with van der Waals surface area (Å²) in [6, 6.07) is 12.2. The van der Waals surface area contributed by atoms with Gasteiger partial charge in [0.25, 0.3) is 0 Å². The summed E-state index contributed by atoms with van der Waals surface area (Å²) in [7, 11) is 0. The van der Waals surface area contributed by atoms with Gasteiger partial charge >= 0.3 is 6.61 Å². The molecule has 2 aromatic carbocycles. The van der Waals surface area contributed by atoms with Crippen LogP contribution in [0.5, 0.6) is 5.75 Å². The van der Waals surface area contributed by atoms with Gasteiger partial charge in [0.1, 0.15) is 5.75 Å². The van der Waals surface area contributed by atoms with E-state index in [-0.39, 0.29) is 11.8 Å². The van der Waals surface area contributed by atoms with E-state index in [9.17, 15) is 8.78 Å². The molecule has 0 aliphatic carbocycles. The summed E-state index contributed by atoms with van der Waals surface area (Å²) in [5.41, 5.74) is 1.63. The highest BCUT2D eigenvalue weighted by atomic mass is 127. The van der Waals surface area contributed by atoms with Gasteiger partial charge < -0.3 is 10.1 Å². The lowest BCUT2D eigenvalue weighted by molar-refractivity contribution is -0.0498. The molecule has 0 saturated carbocycles. The van der Waals surface area contributed by atoms with E-state index >= 15 is 0 Å². The molecule has 0 aromatic heterocycles. The Bertz CT molecular complexity index is 624. The second-order valence-corrected chi connectivity index (χ2v) is 6.09. The summed E-state index contributed by atoms with van der Waals surface area (Å²) in [5, 5.41) is 3.88. The molecule has 6 heteroatoms. The van der Waals surface area contributed by atoms with Crippen molar-refractivity contribution in [2.45, 2.75) is 19.6 Å². The average Bonchev–Trinajstić information content (AvgIpc) is 2.41. The van der Waals surface area contributed by atoms with Crippen molar-refractivity contribution in [1.29, 1.82) is 0 Å². The number of benzene rings is 2. The maximum Gasteiger partial charge on any atom is 0.387 e. The molecule has 0 aliphatic heterocycles. The second-order valence-electron chi connectivity index (χ2n) is 4.44. The molecule has 2 aromatic rings. The molecule has 0 bridgehead atoms. The third kappa shape index (κ3) is 4.71. The van der Waals surface area contributed by atoms with Crippen LogP contribution in [0, 0.1) is 3.57 Å². The van der Waals surface area contributed by atoms with E-state index in [0.717, 1.165) is 14.8 Å². The number of rotatable bonds is 5. The molecule has 0 spiro atoms. The van der Waals surface area contributed by atoms with Crippen LogP contribution in [0.1, 0.15) is 18.5 Å². The van der Waals surface area contributed by atoms with Gasteiger partial charge in [0.15, 0.2) is 0 Å². The third-order valence-corrected chi connectivity index (χ3v) is 3.87. The van der Waals surface area contributed by atoms with Crippen molar-refractivity contribution in [2.75, 3.05) is 5.32 Å². The molecule has 112 valence electrons. The minimum Gasteiger partial charge on any atom is -0.435 e. The predicted molar refractivity (Wildman–Crippen MR) is 89.3 cm³/mol.